The molecule has 0 bridgehead atoms. The lowest BCUT2D eigenvalue weighted by Crippen LogP contribution is -2.57. The first-order chi connectivity index (χ1) is 17.2. The van der Waals surface area contributed by atoms with Crippen LogP contribution in [0.3, 0.4) is 0 Å². The quantitative estimate of drug-likeness (QED) is 0.398. The zero-order valence-electron chi connectivity index (χ0n) is 21.3. The minimum atomic E-state index is -0.573. The molecule has 2 heterocycles. The summed E-state index contributed by atoms with van der Waals surface area (Å²) in [4.78, 5) is 47.8. The van der Waals surface area contributed by atoms with Crippen molar-refractivity contribution in [2.24, 2.45) is 0 Å². The smallest absolute Gasteiger partial charge is 0.294 e. The highest BCUT2D eigenvalue weighted by Crippen LogP contribution is 2.25. The van der Waals surface area contributed by atoms with E-state index in [0.717, 1.165) is 11.1 Å². The average Bonchev–Trinajstić information content (AvgIpc) is 3.30. The number of fused-ring (bicyclic) bond motifs is 1. The van der Waals surface area contributed by atoms with Gasteiger partial charge in [0.25, 0.3) is 11.8 Å². The first-order valence-corrected chi connectivity index (χ1v) is 12.5. The minimum absolute atomic E-state index is 0.0341. The lowest BCUT2D eigenvalue weighted by molar-refractivity contribution is -0.126. The number of amides is 2. The maximum atomic E-state index is 13.6. The fraction of sp³-hybridized carbons (Fsp3) is 0.393. The van der Waals surface area contributed by atoms with Crippen LogP contribution in [-0.4, -0.2) is 75.5 Å². The monoisotopic (exact) mass is 492 g/mol. The predicted octanol–water partition coefficient (Wildman–Crippen LogP) is 4.09. The molecule has 0 spiro atoms. The normalized spacial score (nSPS) is 18.4. The van der Waals surface area contributed by atoms with Crippen LogP contribution in [-0.2, 0) is 11.3 Å². The van der Waals surface area contributed by atoms with Gasteiger partial charge in [0.05, 0.1) is 5.56 Å². The molecule has 1 N–H and O–H groups in total. The van der Waals surface area contributed by atoms with E-state index in [1.807, 2.05) is 25.7 Å². The molecule has 2 atom stereocenters. The molecule has 0 aliphatic carbocycles. The van der Waals surface area contributed by atoms with E-state index in [9.17, 15) is 18.8 Å². The second kappa shape index (κ2) is 10.6. The summed E-state index contributed by atoms with van der Waals surface area (Å²) in [6.07, 6.45) is 1.68. The van der Waals surface area contributed by atoms with Crippen LogP contribution in [0.4, 0.5) is 4.39 Å². The number of rotatable bonds is 7. The average molecular weight is 493 g/mol. The molecule has 7 nitrogen and oxygen atoms in total. The van der Waals surface area contributed by atoms with Crippen molar-refractivity contribution in [1.82, 2.24) is 19.7 Å². The summed E-state index contributed by atoms with van der Waals surface area (Å²) in [5.74, 6) is -1.47. The Kier molecular flexibility index (Phi) is 7.54. The second-order valence-electron chi connectivity index (χ2n) is 9.48. The molecule has 0 saturated carbocycles. The third-order valence-electron chi connectivity index (χ3n) is 7.09. The molecule has 1 aromatic heterocycles. The van der Waals surface area contributed by atoms with Crippen LogP contribution in [0.2, 0.25) is 0 Å². The molecule has 1 saturated heterocycles. The van der Waals surface area contributed by atoms with Crippen LogP contribution in [0.15, 0.2) is 48.7 Å². The SMILES string of the molecule is CCN(CC)C(=O)C(=O)c1ccc2[nH]cc(C(=O)N3C[C@H](C)N(Cc4ccc(F)cc4)C[C@H]3C)c2c1. The molecule has 36 heavy (non-hydrogen) atoms. The molecule has 2 amide bonds. The van der Waals surface area contributed by atoms with Gasteiger partial charge in [-0.2, -0.15) is 0 Å². The molecular weight excluding hydrogens is 459 g/mol. The Morgan fingerprint density at radius 2 is 1.69 bits per heavy atom. The van der Waals surface area contributed by atoms with Gasteiger partial charge in [-0.15, -0.1) is 0 Å². The van der Waals surface area contributed by atoms with Crippen molar-refractivity contribution in [2.75, 3.05) is 26.2 Å². The summed E-state index contributed by atoms with van der Waals surface area (Å²) in [6, 6.07) is 11.6. The maximum Gasteiger partial charge on any atom is 0.294 e. The second-order valence-corrected chi connectivity index (χ2v) is 9.48. The van der Waals surface area contributed by atoms with Crippen molar-refractivity contribution >= 4 is 28.5 Å². The van der Waals surface area contributed by atoms with Crippen LogP contribution in [0.25, 0.3) is 10.9 Å². The van der Waals surface area contributed by atoms with Gasteiger partial charge in [-0.25, -0.2) is 4.39 Å². The van der Waals surface area contributed by atoms with Gasteiger partial charge in [0.1, 0.15) is 5.82 Å². The van der Waals surface area contributed by atoms with Crippen molar-refractivity contribution < 1.29 is 18.8 Å². The highest BCUT2D eigenvalue weighted by molar-refractivity contribution is 6.43. The van der Waals surface area contributed by atoms with Gasteiger partial charge in [-0.05, 0) is 63.6 Å². The fourth-order valence-corrected chi connectivity index (χ4v) is 4.90. The Bertz CT molecular complexity index is 1270. The summed E-state index contributed by atoms with van der Waals surface area (Å²) in [7, 11) is 0. The minimum Gasteiger partial charge on any atom is -0.360 e. The van der Waals surface area contributed by atoms with Crippen LogP contribution in [0.5, 0.6) is 0 Å². The van der Waals surface area contributed by atoms with Gasteiger partial charge >= 0.3 is 0 Å². The number of benzene rings is 2. The van der Waals surface area contributed by atoms with E-state index in [1.54, 1.807) is 36.5 Å². The Labute approximate surface area is 210 Å². The number of carbonyl (C=O) groups is 3. The Morgan fingerprint density at radius 3 is 2.36 bits per heavy atom. The van der Waals surface area contributed by atoms with E-state index >= 15 is 0 Å². The zero-order chi connectivity index (χ0) is 26.0. The number of piperazine rings is 1. The number of hydrogen-bond acceptors (Lipinski definition) is 4. The van der Waals surface area contributed by atoms with Crippen molar-refractivity contribution in [2.45, 2.75) is 46.3 Å². The number of ketones is 1. The summed E-state index contributed by atoms with van der Waals surface area (Å²) in [5.41, 5.74) is 2.53. The highest BCUT2D eigenvalue weighted by Gasteiger charge is 2.33. The number of halogens is 1. The Morgan fingerprint density at radius 1 is 1.00 bits per heavy atom. The number of nitrogens with zero attached hydrogens (tertiary/aromatic N) is 3. The van der Waals surface area contributed by atoms with E-state index in [0.29, 0.717) is 43.7 Å². The fourth-order valence-electron chi connectivity index (χ4n) is 4.90. The topological polar surface area (TPSA) is 76.7 Å². The summed E-state index contributed by atoms with van der Waals surface area (Å²) in [5, 5.41) is 0.631. The Hall–Kier alpha value is -3.52. The predicted molar refractivity (Wildman–Crippen MR) is 137 cm³/mol. The molecular formula is C28H33FN4O3. The summed E-state index contributed by atoms with van der Waals surface area (Å²) >= 11 is 0. The van der Waals surface area contributed by atoms with E-state index in [1.165, 1.54) is 17.0 Å². The maximum absolute atomic E-state index is 13.6. The van der Waals surface area contributed by atoms with Crippen LogP contribution < -0.4 is 0 Å². The van der Waals surface area contributed by atoms with Crippen molar-refractivity contribution in [3.63, 3.8) is 0 Å². The standard InChI is InChI=1S/C28H33FN4O3/c1-5-31(6-2)28(36)26(34)21-9-12-25-23(13-21)24(14-30-25)27(35)33-16-18(3)32(15-19(33)4)17-20-7-10-22(29)11-8-20/h7-14,18-19,30H,5-6,15-17H2,1-4H3/t18-,19+/m0/s1. The van der Waals surface area contributed by atoms with Gasteiger partial charge < -0.3 is 14.8 Å². The van der Waals surface area contributed by atoms with E-state index in [2.05, 4.69) is 16.8 Å². The van der Waals surface area contributed by atoms with Crippen molar-refractivity contribution in [3.05, 3.63) is 71.2 Å². The number of hydrogen-bond donors (Lipinski definition) is 1. The van der Waals surface area contributed by atoms with E-state index in [-0.39, 0.29) is 29.4 Å². The highest BCUT2D eigenvalue weighted by atomic mass is 19.1. The summed E-state index contributed by atoms with van der Waals surface area (Å²) in [6.45, 7) is 10.6. The Balaban J connectivity index is 1.53. The summed E-state index contributed by atoms with van der Waals surface area (Å²) < 4.78 is 13.3. The molecule has 0 radical (unpaired) electrons. The third-order valence-corrected chi connectivity index (χ3v) is 7.09. The molecule has 2 aromatic carbocycles. The number of likely N-dealkylation sites (N-methyl/N-ethyl adjacent to an activating group) is 1. The molecule has 0 unspecified atom stereocenters. The van der Waals surface area contributed by atoms with Crippen LogP contribution in [0, 0.1) is 5.82 Å². The first kappa shape index (κ1) is 25.6. The lowest BCUT2D eigenvalue weighted by atomic mass is 10.0. The number of Topliss-reactive ketones (excluding diaryl/α,β-unsaturated/α-hetero) is 1. The molecule has 8 heteroatoms. The van der Waals surface area contributed by atoms with Crippen LogP contribution >= 0.6 is 0 Å². The molecule has 1 fully saturated rings. The molecule has 1 aliphatic rings. The van der Waals surface area contributed by atoms with E-state index < -0.39 is 11.7 Å². The van der Waals surface area contributed by atoms with Gasteiger partial charge in [-0.3, -0.25) is 19.3 Å². The van der Waals surface area contributed by atoms with Crippen LogP contribution in [0.1, 0.15) is 54.0 Å². The molecule has 3 aromatic rings. The van der Waals surface area contributed by atoms with Gasteiger partial charge in [0.15, 0.2) is 0 Å². The van der Waals surface area contributed by atoms with Gasteiger partial charge in [0, 0.05) is 67.5 Å². The molecule has 190 valence electrons. The largest absolute Gasteiger partial charge is 0.360 e. The zero-order valence-corrected chi connectivity index (χ0v) is 21.3. The van der Waals surface area contributed by atoms with E-state index in [4.69, 9.17) is 0 Å². The molecule has 4 rings (SSSR count). The number of H-pyrrole nitrogens is 1. The lowest BCUT2D eigenvalue weighted by Gasteiger charge is -2.44. The number of nitrogens with one attached hydrogen (secondary N) is 1. The van der Waals surface area contributed by atoms with Gasteiger partial charge in [-0.1, -0.05) is 12.1 Å². The number of carbonyl (C=O) groups excluding carboxylic acids is 3. The first-order valence-electron chi connectivity index (χ1n) is 12.5. The van der Waals surface area contributed by atoms with Crippen molar-refractivity contribution in [1.29, 1.82) is 0 Å². The number of aromatic amines is 1. The van der Waals surface area contributed by atoms with Gasteiger partial charge in [0.2, 0.25) is 5.78 Å². The molecule has 1 aliphatic heterocycles. The third kappa shape index (κ3) is 5.04. The number of aromatic nitrogens is 1. The van der Waals surface area contributed by atoms with Crippen molar-refractivity contribution in [3.8, 4) is 0 Å².